The van der Waals surface area contributed by atoms with Crippen molar-refractivity contribution >= 4 is 34.5 Å². The molecule has 4 nitrogen and oxygen atoms in total. The number of nitrogens with one attached hydrogen (secondary N) is 1. The third kappa shape index (κ3) is 5.87. The molecule has 19 heavy (non-hydrogen) atoms. The Morgan fingerprint density at radius 1 is 1.32 bits per heavy atom. The van der Waals surface area contributed by atoms with Crippen molar-refractivity contribution < 1.29 is 14.3 Å². The number of carbonyl (C=O) groups is 2. The van der Waals surface area contributed by atoms with Crippen molar-refractivity contribution in [1.29, 1.82) is 0 Å². The van der Waals surface area contributed by atoms with Gasteiger partial charge in [-0.3, -0.25) is 9.59 Å². The third-order valence-electron chi connectivity index (χ3n) is 2.35. The van der Waals surface area contributed by atoms with Crippen LogP contribution in [0.5, 0.6) is 0 Å². The number of benzene rings is 1. The van der Waals surface area contributed by atoms with Crippen LogP contribution in [0.15, 0.2) is 36.9 Å². The molecule has 1 amide bonds. The van der Waals surface area contributed by atoms with Crippen molar-refractivity contribution in [3.8, 4) is 0 Å². The van der Waals surface area contributed by atoms with Crippen LogP contribution in [-0.4, -0.2) is 25.0 Å². The monoisotopic (exact) mass is 373 g/mol. The summed E-state index contributed by atoms with van der Waals surface area (Å²) in [5, 5.41) is 2.68. The van der Waals surface area contributed by atoms with E-state index in [4.69, 9.17) is 4.74 Å². The quantitative estimate of drug-likeness (QED) is 0.346. The van der Waals surface area contributed by atoms with Gasteiger partial charge in [-0.15, -0.1) is 0 Å². The summed E-state index contributed by atoms with van der Waals surface area (Å²) in [6.45, 7) is 3.91. The van der Waals surface area contributed by atoms with E-state index in [1.807, 2.05) is 12.1 Å². The summed E-state index contributed by atoms with van der Waals surface area (Å²) in [6, 6.07) is 7.39. The Balaban J connectivity index is 2.34. The minimum atomic E-state index is -0.347. The van der Waals surface area contributed by atoms with E-state index in [1.165, 1.54) is 11.6 Å². The highest BCUT2D eigenvalue weighted by Gasteiger charge is 2.06. The predicted octanol–water partition coefficient (Wildman–Crippen LogP) is 2.47. The van der Waals surface area contributed by atoms with Crippen molar-refractivity contribution in [3.63, 3.8) is 0 Å². The van der Waals surface area contributed by atoms with Crippen LogP contribution in [0.4, 0.5) is 0 Å². The van der Waals surface area contributed by atoms with Gasteiger partial charge in [0.1, 0.15) is 6.61 Å². The number of esters is 1. The maximum Gasteiger partial charge on any atom is 0.307 e. The van der Waals surface area contributed by atoms with Crippen molar-refractivity contribution in [3.05, 3.63) is 48.0 Å². The maximum absolute atomic E-state index is 11.8. The first-order valence-electron chi connectivity index (χ1n) is 5.87. The molecule has 0 fully saturated rings. The molecule has 0 spiro atoms. The lowest BCUT2D eigenvalue weighted by molar-refractivity contribution is -0.142. The zero-order chi connectivity index (χ0) is 14.1. The molecule has 1 aromatic rings. The van der Waals surface area contributed by atoms with Gasteiger partial charge in [-0.2, -0.15) is 0 Å². The number of hydrogen-bond donors (Lipinski definition) is 1. The molecule has 0 saturated heterocycles. The Bertz CT molecular complexity index is 443. The number of carbonyl (C=O) groups excluding carboxylic acids is 2. The van der Waals surface area contributed by atoms with E-state index >= 15 is 0 Å². The molecular formula is C14H16INO3. The fourth-order valence-corrected chi connectivity index (χ4v) is 1.86. The van der Waals surface area contributed by atoms with Gasteiger partial charge in [0.2, 0.25) is 0 Å². The third-order valence-corrected chi connectivity index (χ3v) is 3.23. The normalized spacial score (nSPS) is 9.74. The minimum absolute atomic E-state index is 0.158. The molecule has 0 saturated carbocycles. The van der Waals surface area contributed by atoms with E-state index in [9.17, 15) is 9.59 Å². The smallest absolute Gasteiger partial charge is 0.307 e. The van der Waals surface area contributed by atoms with Gasteiger partial charge in [0.05, 0.1) is 6.42 Å². The molecule has 0 atom stereocenters. The highest BCUT2D eigenvalue weighted by molar-refractivity contribution is 14.1. The molecule has 0 aliphatic heterocycles. The van der Waals surface area contributed by atoms with Crippen LogP contribution in [0.2, 0.25) is 0 Å². The average Bonchev–Trinajstić information content (AvgIpc) is 2.45. The van der Waals surface area contributed by atoms with E-state index in [0.29, 0.717) is 5.56 Å². The first kappa shape index (κ1) is 15.7. The number of alkyl halides is 1. The van der Waals surface area contributed by atoms with Crippen LogP contribution in [0.25, 0.3) is 0 Å². The summed E-state index contributed by atoms with van der Waals surface area (Å²) in [4.78, 5) is 22.9. The van der Waals surface area contributed by atoms with Crippen LogP contribution in [0, 0.1) is 0 Å². The average molecular weight is 373 g/mol. The summed E-state index contributed by atoms with van der Waals surface area (Å²) < 4.78 is 5.71. The summed E-state index contributed by atoms with van der Waals surface area (Å²) in [5.74, 6) is -0.531. The van der Waals surface area contributed by atoms with Gasteiger partial charge in [0.15, 0.2) is 0 Å². The van der Waals surface area contributed by atoms with Gasteiger partial charge in [0, 0.05) is 16.5 Å². The summed E-state index contributed by atoms with van der Waals surface area (Å²) in [6.07, 6.45) is 1.66. The molecule has 1 aromatic carbocycles. The van der Waals surface area contributed by atoms with Gasteiger partial charge in [-0.05, 0) is 17.7 Å². The number of rotatable bonds is 7. The first-order valence-corrected chi connectivity index (χ1v) is 7.39. The van der Waals surface area contributed by atoms with Crippen LogP contribution < -0.4 is 5.32 Å². The van der Waals surface area contributed by atoms with Crippen LogP contribution >= 0.6 is 22.6 Å². The second-order valence-corrected chi connectivity index (χ2v) is 4.57. The minimum Gasteiger partial charge on any atom is -0.461 e. The van der Waals surface area contributed by atoms with E-state index in [0.717, 1.165) is 4.43 Å². The second-order valence-electron chi connectivity index (χ2n) is 3.81. The predicted molar refractivity (Wildman–Crippen MR) is 82.3 cm³/mol. The summed E-state index contributed by atoms with van der Waals surface area (Å²) >= 11 is 2.26. The van der Waals surface area contributed by atoms with Gasteiger partial charge < -0.3 is 10.1 Å². The highest BCUT2D eigenvalue weighted by atomic mass is 127. The Morgan fingerprint density at radius 3 is 2.58 bits per heavy atom. The van der Waals surface area contributed by atoms with Crippen molar-refractivity contribution in [2.45, 2.75) is 10.8 Å². The number of amides is 1. The molecule has 0 bridgehead atoms. The summed E-state index contributed by atoms with van der Waals surface area (Å²) in [5.41, 5.74) is 1.76. The van der Waals surface area contributed by atoms with Gasteiger partial charge in [-0.1, -0.05) is 47.4 Å². The van der Waals surface area contributed by atoms with E-state index < -0.39 is 0 Å². The van der Waals surface area contributed by atoms with Crippen molar-refractivity contribution in [2.24, 2.45) is 0 Å². The van der Waals surface area contributed by atoms with Gasteiger partial charge >= 0.3 is 5.97 Å². The Labute approximate surface area is 126 Å². The molecule has 0 radical (unpaired) electrons. The number of ether oxygens (including phenoxy) is 1. The lowest BCUT2D eigenvalue weighted by Gasteiger charge is -2.05. The molecule has 0 aromatic heterocycles. The fourth-order valence-electron chi connectivity index (χ4n) is 1.35. The Kier molecular flexibility index (Phi) is 7.17. The topological polar surface area (TPSA) is 55.4 Å². The SMILES string of the molecule is C=CCOC(=O)CCNC(=O)c1ccc(CI)cc1. The molecule has 5 heteroatoms. The lowest BCUT2D eigenvalue weighted by Crippen LogP contribution is -2.26. The summed E-state index contributed by atoms with van der Waals surface area (Å²) in [7, 11) is 0. The molecule has 1 rings (SSSR count). The van der Waals surface area contributed by atoms with E-state index in [2.05, 4.69) is 34.5 Å². The standard InChI is InChI=1S/C14H16INO3/c1-2-9-19-13(17)7-8-16-14(18)12-5-3-11(10-15)4-6-12/h2-6H,1,7-10H2,(H,16,18). The lowest BCUT2D eigenvalue weighted by atomic mass is 10.1. The maximum atomic E-state index is 11.8. The van der Waals surface area contributed by atoms with Crippen molar-refractivity contribution in [1.82, 2.24) is 5.32 Å². The zero-order valence-corrected chi connectivity index (χ0v) is 12.7. The van der Waals surface area contributed by atoms with E-state index in [1.54, 1.807) is 12.1 Å². The van der Waals surface area contributed by atoms with Gasteiger partial charge in [-0.25, -0.2) is 0 Å². The van der Waals surface area contributed by atoms with Gasteiger partial charge in [0.25, 0.3) is 5.91 Å². The van der Waals surface area contributed by atoms with E-state index in [-0.39, 0.29) is 31.4 Å². The fraction of sp³-hybridized carbons (Fsp3) is 0.286. The van der Waals surface area contributed by atoms with Crippen LogP contribution in [0.1, 0.15) is 22.3 Å². The molecule has 1 N–H and O–H groups in total. The molecule has 0 heterocycles. The number of hydrogen-bond acceptors (Lipinski definition) is 3. The molecular weight excluding hydrogens is 357 g/mol. The second kappa shape index (κ2) is 8.68. The highest BCUT2D eigenvalue weighted by Crippen LogP contribution is 2.08. The molecule has 102 valence electrons. The molecule has 0 aliphatic rings. The largest absolute Gasteiger partial charge is 0.461 e. The first-order chi connectivity index (χ1) is 9.17. The van der Waals surface area contributed by atoms with Crippen LogP contribution in [0.3, 0.4) is 0 Å². The van der Waals surface area contributed by atoms with Crippen molar-refractivity contribution in [2.75, 3.05) is 13.2 Å². The van der Waals surface area contributed by atoms with Crippen LogP contribution in [-0.2, 0) is 14.0 Å². The zero-order valence-electron chi connectivity index (χ0n) is 10.5. The molecule has 0 aliphatic carbocycles. The Morgan fingerprint density at radius 2 is 2.00 bits per heavy atom. The Hall–Kier alpha value is -1.37. The molecule has 0 unspecified atom stereocenters. The number of halogens is 1.